The molecular formula is C29H37ClN5O6P. The number of hydrogen-bond donors (Lipinski definition) is 4. The number of halogens is 1. The van der Waals surface area contributed by atoms with Crippen molar-refractivity contribution in [1.82, 2.24) is 19.1 Å². The average Bonchev–Trinajstić information content (AvgIpc) is 3.21. The summed E-state index contributed by atoms with van der Waals surface area (Å²) in [6.45, 7) is 9.15. The van der Waals surface area contributed by atoms with Gasteiger partial charge in [-0.3, -0.25) is 9.36 Å². The summed E-state index contributed by atoms with van der Waals surface area (Å²) in [4.78, 5) is 51.2. The molecular weight excluding hydrogens is 581 g/mol. The zero-order chi connectivity index (χ0) is 31.2. The van der Waals surface area contributed by atoms with Crippen molar-refractivity contribution in [2.24, 2.45) is 11.7 Å². The second-order valence-electron chi connectivity index (χ2n) is 10.3. The van der Waals surface area contributed by atoms with E-state index in [0.717, 1.165) is 16.8 Å². The number of fused-ring (bicyclic) bond motifs is 1. The lowest BCUT2D eigenvalue weighted by atomic mass is 9.96. The van der Waals surface area contributed by atoms with E-state index in [9.17, 15) is 9.59 Å². The van der Waals surface area contributed by atoms with Crippen molar-refractivity contribution in [2.75, 3.05) is 13.1 Å². The van der Waals surface area contributed by atoms with Gasteiger partial charge in [0.15, 0.2) is 0 Å². The van der Waals surface area contributed by atoms with E-state index >= 15 is 0 Å². The van der Waals surface area contributed by atoms with Gasteiger partial charge in [0, 0.05) is 17.8 Å². The average molecular weight is 618 g/mol. The van der Waals surface area contributed by atoms with Gasteiger partial charge in [0.1, 0.15) is 0 Å². The lowest BCUT2D eigenvalue weighted by molar-refractivity contribution is 0.0609. The molecule has 0 radical (unpaired) electrons. The van der Waals surface area contributed by atoms with Gasteiger partial charge in [-0.25, -0.2) is 9.36 Å². The number of nitrogens with zero attached hydrogens (tertiary/aromatic N) is 4. The largest absolute Gasteiger partial charge is 0.466 e. The highest BCUT2D eigenvalue weighted by molar-refractivity contribution is 7.45. The van der Waals surface area contributed by atoms with Crippen LogP contribution in [-0.4, -0.2) is 52.8 Å². The molecule has 0 spiro atoms. The molecule has 4 rings (SSSR count). The number of amides is 1. The molecule has 0 aliphatic rings. The van der Waals surface area contributed by atoms with Gasteiger partial charge in [-0.2, -0.15) is 9.61 Å². The normalized spacial score (nSPS) is 12.2. The molecule has 4 aromatic rings. The summed E-state index contributed by atoms with van der Waals surface area (Å²) in [6, 6.07) is 18.9. The number of carbonyl (C=O) groups is 1. The van der Waals surface area contributed by atoms with Crippen molar-refractivity contribution >= 4 is 30.8 Å². The van der Waals surface area contributed by atoms with Crippen LogP contribution in [0.15, 0.2) is 65.5 Å². The number of aryl methyl sites for hydroxylation is 2. The molecule has 0 saturated heterocycles. The van der Waals surface area contributed by atoms with Crippen LogP contribution in [0.1, 0.15) is 59.2 Å². The molecule has 1 atom stereocenters. The van der Waals surface area contributed by atoms with Crippen LogP contribution in [0.3, 0.4) is 0 Å². The summed E-state index contributed by atoms with van der Waals surface area (Å²) >= 11 is 6.59. The number of hydrogen-bond acceptors (Lipinski definition) is 5. The monoisotopic (exact) mass is 617 g/mol. The Morgan fingerprint density at radius 2 is 1.67 bits per heavy atom. The summed E-state index contributed by atoms with van der Waals surface area (Å²) in [5.74, 6) is -0.0969. The lowest BCUT2D eigenvalue weighted by Crippen LogP contribution is -2.42. The Bertz CT molecular complexity index is 1610. The molecule has 11 nitrogen and oxygen atoms in total. The molecule has 0 aliphatic carbocycles. The van der Waals surface area contributed by atoms with Crippen LogP contribution in [-0.2, 0) is 11.1 Å². The highest BCUT2D eigenvalue weighted by atomic mass is 35.5. The van der Waals surface area contributed by atoms with Gasteiger partial charge in [0.25, 0.3) is 5.91 Å². The highest BCUT2D eigenvalue weighted by Gasteiger charge is 2.32. The van der Waals surface area contributed by atoms with E-state index in [1.807, 2.05) is 72.5 Å². The van der Waals surface area contributed by atoms with Crippen molar-refractivity contribution in [3.63, 3.8) is 0 Å². The maximum absolute atomic E-state index is 13.9. The molecule has 226 valence electrons. The van der Waals surface area contributed by atoms with Crippen LogP contribution < -0.4 is 11.4 Å². The quantitative estimate of drug-likeness (QED) is 0.204. The van der Waals surface area contributed by atoms with Crippen molar-refractivity contribution in [1.29, 1.82) is 0 Å². The molecule has 0 unspecified atom stereocenters. The second-order valence-corrected chi connectivity index (χ2v) is 11.7. The standard InChI is InChI=1S/C29H34ClN5O2.H3O4P/c1-19(2)27(33(16-8-15-31)28(36)23-13-11-20(3)12-14-23)25-17-24-26(30)21(4)32-35(24)29(37)34(25)18-22-9-6-5-7-10-22;1-5(2,3)4/h5-7,9-14,17,19,27H,8,15-16,18,31H2,1-4H3;(H3,1,2,3,4)/t27-;/m0./s1. The van der Waals surface area contributed by atoms with Gasteiger partial charge >= 0.3 is 13.5 Å². The summed E-state index contributed by atoms with van der Waals surface area (Å²) in [5, 5.41) is 4.84. The Hall–Kier alpha value is -3.31. The third-order valence-corrected chi connectivity index (χ3v) is 7.11. The highest BCUT2D eigenvalue weighted by Crippen LogP contribution is 2.33. The molecule has 2 aromatic carbocycles. The fraction of sp³-hybridized carbons (Fsp3) is 0.345. The van der Waals surface area contributed by atoms with E-state index < -0.39 is 13.9 Å². The summed E-state index contributed by atoms with van der Waals surface area (Å²) < 4.78 is 12.0. The maximum Gasteiger partial charge on any atom is 0.466 e. The number of nitrogens with two attached hydrogens (primary N) is 1. The third-order valence-electron chi connectivity index (χ3n) is 6.65. The molecule has 0 bridgehead atoms. The minimum Gasteiger partial charge on any atom is -0.330 e. The molecule has 13 heteroatoms. The maximum atomic E-state index is 13.9. The fourth-order valence-electron chi connectivity index (χ4n) is 4.76. The minimum atomic E-state index is -4.64. The molecule has 5 N–H and O–H groups in total. The Morgan fingerprint density at radius 1 is 1.07 bits per heavy atom. The summed E-state index contributed by atoms with van der Waals surface area (Å²) in [7, 11) is -4.64. The second kappa shape index (κ2) is 14.2. The predicted octanol–water partition coefficient (Wildman–Crippen LogP) is 4.07. The zero-order valence-corrected chi connectivity index (χ0v) is 25.7. The summed E-state index contributed by atoms with van der Waals surface area (Å²) in [5.41, 5.74) is 10.1. The van der Waals surface area contributed by atoms with Crippen molar-refractivity contribution in [2.45, 2.75) is 46.7 Å². The van der Waals surface area contributed by atoms with Crippen LogP contribution in [0, 0.1) is 19.8 Å². The number of rotatable bonds is 9. The first-order chi connectivity index (χ1) is 19.7. The number of carbonyl (C=O) groups excluding carboxylic acids is 1. The van der Waals surface area contributed by atoms with Gasteiger partial charge in [-0.15, -0.1) is 0 Å². The van der Waals surface area contributed by atoms with E-state index in [1.54, 1.807) is 11.5 Å². The van der Waals surface area contributed by atoms with E-state index in [-0.39, 0.29) is 17.5 Å². The van der Waals surface area contributed by atoms with Crippen LogP contribution in [0.4, 0.5) is 0 Å². The van der Waals surface area contributed by atoms with Crippen LogP contribution in [0.25, 0.3) is 5.52 Å². The van der Waals surface area contributed by atoms with E-state index in [1.165, 1.54) is 4.52 Å². The van der Waals surface area contributed by atoms with E-state index in [4.69, 9.17) is 36.6 Å². The van der Waals surface area contributed by atoms with Crippen molar-refractivity contribution in [3.05, 3.63) is 104 Å². The molecule has 2 aromatic heterocycles. The number of aromatic nitrogens is 3. The van der Waals surface area contributed by atoms with Crippen molar-refractivity contribution in [3.8, 4) is 0 Å². The molecule has 0 fully saturated rings. The van der Waals surface area contributed by atoms with Gasteiger partial charge in [0.05, 0.1) is 28.8 Å². The Labute approximate surface area is 249 Å². The molecule has 2 heterocycles. The SMILES string of the molecule is Cc1ccc(C(=O)N(CCCN)[C@H](c2cc3c(Cl)c(C)nn3c(=O)n2Cc2ccccc2)C(C)C)cc1.O=P(O)(O)O. The van der Waals surface area contributed by atoms with Crippen LogP contribution >= 0.6 is 19.4 Å². The number of benzene rings is 2. The zero-order valence-electron chi connectivity index (χ0n) is 24.0. The van der Waals surface area contributed by atoms with Crippen LogP contribution in [0.2, 0.25) is 5.02 Å². The number of phosphoric acid groups is 1. The van der Waals surface area contributed by atoms with Crippen molar-refractivity contribution < 1.29 is 24.0 Å². The summed E-state index contributed by atoms with van der Waals surface area (Å²) in [6.07, 6.45) is 0.637. The van der Waals surface area contributed by atoms with E-state index in [2.05, 4.69) is 18.9 Å². The third kappa shape index (κ3) is 8.38. The minimum absolute atomic E-state index is 0.00107. The fourth-order valence-corrected chi connectivity index (χ4v) is 4.93. The molecule has 0 aliphatic heterocycles. The topological polar surface area (TPSA) is 163 Å². The van der Waals surface area contributed by atoms with E-state index in [0.29, 0.717) is 47.9 Å². The Morgan fingerprint density at radius 3 is 2.21 bits per heavy atom. The predicted molar refractivity (Wildman–Crippen MR) is 162 cm³/mol. The Kier molecular flexibility index (Phi) is 11.3. The molecule has 0 saturated carbocycles. The van der Waals surface area contributed by atoms with Crippen LogP contribution in [0.5, 0.6) is 0 Å². The first kappa shape index (κ1) is 33.2. The first-order valence-electron chi connectivity index (χ1n) is 13.4. The van der Waals surface area contributed by atoms with Gasteiger partial charge in [-0.05, 0) is 56.5 Å². The molecule has 1 amide bonds. The smallest absolute Gasteiger partial charge is 0.330 e. The molecule has 42 heavy (non-hydrogen) atoms. The van der Waals surface area contributed by atoms with Gasteiger partial charge in [0.2, 0.25) is 0 Å². The Balaban J connectivity index is 0.000000892. The first-order valence-corrected chi connectivity index (χ1v) is 15.4. The van der Waals surface area contributed by atoms with Gasteiger partial charge < -0.3 is 25.3 Å². The van der Waals surface area contributed by atoms with Gasteiger partial charge in [-0.1, -0.05) is 73.5 Å². The lowest BCUT2D eigenvalue weighted by Gasteiger charge is -2.36.